The number of para-hydroxylation sites is 2. The summed E-state index contributed by atoms with van der Waals surface area (Å²) in [4.78, 5) is 0. The van der Waals surface area contributed by atoms with Crippen molar-refractivity contribution >= 4 is 74.4 Å². The molecule has 4 nitrogen and oxygen atoms in total. The molecule has 0 N–H and O–H groups in total. The highest BCUT2D eigenvalue weighted by atomic mass is 127. The van der Waals surface area contributed by atoms with Crippen molar-refractivity contribution in [3.8, 4) is 11.5 Å². The Morgan fingerprint density at radius 2 is 0.622 bits per heavy atom. The van der Waals surface area contributed by atoms with E-state index in [1.807, 2.05) is 48.5 Å². The Kier molecular flexibility index (Phi) is 19.8. The van der Waals surface area contributed by atoms with Crippen molar-refractivity contribution in [1.29, 1.82) is 0 Å². The third-order valence-corrected chi connectivity index (χ3v) is 14.9. The van der Waals surface area contributed by atoms with E-state index in [0.717, 1.165) is 11.5 Å². The summed E-state index contributed by atoms with van der Waals surface area (Å²) in [5.41, 5.74) is -10.7. The van der Waals surface area contributed by atoms with E-state index in [1.54, 1.807) is 0 Å². The lowest BCUT2D eigenvalue weighted by Gasteiger charge is -2.46. The van der Waals surface area contributed by atoms with E-state index in [0.29, 0.717) is 39.6 Å². The molecule has 0 aliphatic heterocycles. The predicted octanol–water partition coefficient (Wildman–Crippen LogP) is 9.21. The molecule has 0 fully saturated rings. The molecule has 0 radical (unpaired) electrons. The highest BCUT2D eigenvalue weighted by molar-refractivity contribution is 7.22. The van der Waals surface area contributed by atoms with Crippen LogP contribution in [0.5, 0.6) is 11.5 Å². The van der Waals surface area contributed by atoms with E-state index in [2.05, 4.69) is 36.4 Å². The van der Waals surface area contributed by atoms with Gasteiger partial charge in [-0.2, -0.15) is 0 Å². The van der Waals surface area contributed by atoms with E-state index in [4.69, 9.17) is 65.4 Å². The van der Waals surface area contributed by atoms with Gasteiger partial charge >= 0.3 is 21.2 Å². The summed E-state index contributed by atoms with van der Waals surface area (Å²) in [6.07, 6.45) is -6.24. The summed E-state index contributed by atoms with van der Waals surface area (Å²) >= 11 is 22.0. The summed E-state index contributed by atoms with van der Waals surface area (Å²) in [6, 6.07) is 28.6. The van der Waals surface area contributed by atoms with Crippen molar-refractivity contribution in [2.24, 2.45) is 0 Å². The lowest BCUT2D eigenvalue weighted by Crippen LogP contribution is -3.61. The van der Waals surface area contributed by atoms with Crippen LogP contribution >= 0.6 is 46.4 Å². The zero-order valence-electron chi connectivity index (χ0n) is 36.5. The second kappa shape index (κ2) is 25.2. The number of hydrogen-bond acceptors (Lipinski definition) is 4. The fourth-order valence-corrected chi connectivity index (χ4v) is 11.1. The first-order valence-electron chi connectivity index (χ1n) is 20.6. The van der Waals surface area contributed by atoms with Gasteiger partial charge in [0.25, 0.3) is 0 Å². The Morgan fingerprint density at radius 3 is 1.00 bits per heavy atom. The van der Waals surface area contributed by atoms with Gasteiger partial charge in [-0.25, -0.2) is 70.2 Å². The molecule has 0 atom stereocenters. The van der Waals surface area contributed by atoms with E-state index < -0.39 is 141 Å². The minimum Gasteiger partial charge on any atom is -0.491 e. The number of hydrogen-bond donors (Lipinski definition) is 0. The third-order valence-electron chi connectivity index (χ3n) is 10.6. The van der Waals surface area contributed by atoms with E-state index in [9.17, 15) is 52.7 Å². The molecule has 0 aliphatic rings. The molecule has 0 aliphatic carbocycles. The molecular weight excluding hydrogens is 1220 g/mol. The van der Waals surface area contributed by atoms with Crippen LogP contribution in [0.1, 0.15) is 0 Å². The van der Waals surface area contributed by atoms with Crippen LogP contribution in [0.15, 0.2) is 84.9 Å². The highest BCUT2D eigenvalue weighted by Crippen LogP contribution is 2.36. The number of halogens is 21. The smallest absolute Gasteiger partial charge is 0.362 e. The molecule has 7 aromatic carbocycles. The first kappa shape index (κ1) is 58.2. The SMILES string of the molecule is Fc1c(F)c(F)c([B-](c2c(F)c(F)c(F)c(F)c2Cl)(c2c(F)c(F)c(F)c(F)c2Cl)c2c(F)c(F)c(F)c(F)c2Cl)c(Cl)c1F.c1ccc(OCCOCCOCCOc2ccccc2[I+]c2ccccc2)cc1. The van der Waals surface area contributed by atoms with Crippen LogP contribution in [0.4, 0.5) is 70.2 Å². The van der Waals surface area contributed by atoms with Crippen LogP contribution in [-0.2, 0) is 9.47 Å². The molecule has 7 aromatic rings. The van der Waals surface area contributed by atoms with Gasteiger partial charge < -0.3 is 18.9 Å². The van der Waals surface area contributed by atoms with Gasteiger partial charge in [-0.05, 0) is 36.4 Å². The van der Waals surface area contributed by atoms with Crippen LogP contribution in [0.25, 0.3) is 0 Å². The van der Waals surface area contributed by atoms with Crippen molar-refractivity contribution in [1.82, 2.24) is 0 Å². The Hall–Kier alpha value is -5.11. The monoisotopic (exact) mass is 1250 g/mol. The standard InChI is InChI=1S/C24BCl4F16.C24H26IO4/c26-5-1(9(30)17(38)21(42)13(5)34)25(2-6(27)14(35)22(43)18(39)10(2)31,3-7(28)15(36)23(44)19(40)11(3)32)4-8(29)16(37)24(45)20(41)12(4)33;1-3-9-21(10-4-1)25-23-13-7-8-14-24(23)29-20-18-27-16-15-26-17-19-28-22-11-5-2-6-12-22/h;1-14H,15-20H2/q-1;+1. The fraction of sp³-hybridized carbons (Fsp3) is 0.125. The summed E-state index contributed by atoms with van der Waals surface area (Å²) in [5, 5.41) is -9.69. The molecule has 0 bridgehead atoms. The maximum Gasteiger partial charge on any atom is 0.362 e. The molecule has 0 saturated carbocycles. The largest absolute Gasteiger partial charge is 0.491 e. The molecule has 0 amide bonds. The molecule has 7 rings (SSSR count). The van der Waals surface area contributed by atoms with Crippen LogP contribution < -0.4 is 52.5 Å². The summed E-state index contributed by atoms with van der Waals surface area (Å²) in [7, 11) is 0. The van der Waals surface area contributed by atoms with Gasteiger partial charge in [-0.3, -0.25) is 0 Å². The molecule has 0 spiro atoms. The molecule has 0 heterocycles. The summed E-state index contributed by atoms with van der Waals surface area (Å²) in [5.74, 6) is -46.5. The zero-order valence-corrected chi connectivity index (χ0v) is 41.7. The average molecular weight is 1250 g/mol. The second-order valence-electron chi connectivity index (χ2n) is 14.9. The van der Waals surface area contributed by atoms with Gasteiger partial charge in [0.1, 0.15) is 48.4 Å². The van der Waals surface area contributed by atoms with E-state index in [1.165, 1.54) is 7.14 Å². The maximum absolute atomic E-state index is 15.8. The van der Waals surface area contributed by atoms with Crippen molar-refractivity contribution < 1.29 is 110 Å². The minimum atomic E-state index is -6.24. The molecular formula is C48H26BCl4F16IO4. The van der Waals surface area contributed by atoms with Crippen LogP contribution in [0.3, 0.4) is 0 Å². The molecule has 392 valence electrons. The fourth-order valence-electron chi connectivity index (χ4n) is 7.38. The molecule has 26 heteroatoms. The van der Waals surface area contributed by atoms with Crippen LogP contribution in [0.2, 0.25) is 20.1 Å². The summed E-state index contributed by atoms with van der Waals surface area (Å²) < 4.78 is 263. The molecule has 74 heavy (non-hydrogen) atoms. The Balaban J connectivity index is 0.000000265. The molecule has 0 unspecified atom stereocenters. The quantitative estimate of drug-likeness (QED) is 0.0228. The van der Waals surface area contributed by atoms with Gasteiger partial charge in [0.05, 0.1) is 26.4 Å². The van der Waals surface area contributed by atoms with Gasteiger partial charge in [0.2, 0.25) is 3.57 Å². The zero-order chi connectivity index (χ0) is 54.3. The first-order valence-corrected chi connectivity index (χ1v) is 24.3. The van der Waals surface area contributed by atoms with Crippen LogP contribution in [-0.4, -0.2) is 45.8 Å². The van der Waals surface area contributed by atoms with E-state index in [-0.39, 0.29) is 21.2 Å². The van der Waals surface area contributed by atoms with Gasteiger partial charge in [0.15, 0.2) is 79.1 Å². The van der Waals surface area contributed by atoms with Gasteiger partial charge in [0, 0.05) is 20.1 Å². The third kappa shape index (κ3) is 11.5. The number of ether oxygens (including phenoxy) is 4. The topological polar surface area (TPSA) is 36.9 Å². The van der Waals surface area contributed by atoms with Crippen LogP contribution in [0, 0.1) is 100 Å². The van der Waals surface area contributed by atoms with Crippen molar-refractivity contribution in [2.45, 2.75) is 0 Å². The Bertz CT molecular complexity index is 2810. The van der Waals surface area contributed by atoms with Gasteiger partial charge in [-0.15, -0.1) is 21.9 Å². The summed E-state index contributed by atoms with van der Waals surface area (Å²) in [6.45, 7) is 3.26. The Labute approximate surface area is 438 Å². The van der Waals surface area contributed by atoms with Crippen molar-refractivity contribution in [2.75, 3.05) is 39.6 Å². The Morgan fingerprint density at radius 1 is 0.324 bits per heavy atom. The van der Waals surface area contributed by atoms with Gasteiger partial charge in [-0.1, -0.05) is 94.9 Å². The number of benzene rings is 7. The van der Waals surface area contributed by atoms with Crippen molar-refractivity contribution in [3.05, 3.63) is 205 Å². The average Bonchev–Trinajstić information content (AvgIpc) is 3.40. The van der Waals surface area contributed by atoms with Crippen molar-refractivity contribution in [3.63, 3.8) is 0 Å². The highest BCUT2D eigenvalue weighted by Gasteiger charge is 2.51. The first-order chi connectivity index (χ1) is 35.1. The maximum atomic E-state index is 15.8. The molecule has 0 saturated heterocycles. The molecule has 0 aromatic heterocycles. The lowest BCUT2D eigenvalue weighted by molar-refractivity contribution is -0.598. The normalized spacial score (nSPS) is 11.5. The predicted molar refractivity (Wildman–Crippen MR) is 239 cm³/mol. The second-order valence-corrected chi connectivity index (χ2v) is 19.3. The minimum absolute atomic E-state index is 0.246. The number of rotatable bonds is 17. The lowest BCUT2D eigenvalue weighted by atomic mass is 9.12. The van der Waals surface area contributed by atoms with E-state index >= 15 is 17.6 Å².